The molecule has 6 heteroatoms. The Balaban J connectivity index is 2.35. The van der Waals surface area contributed by atoms with Crippen molar-refractivity contribution < 1.29 is 8.42 Å². The number of hydrogen-bond donors (Lipinski definition) is 0. The lowest BCUT2D eigenvalue weighted by atomic mass is 10.1. The average Bonchev–Trinajstić information content (AvgIpc) is 2.78. The predicted octanol–water partition coefficient (Wildman–Crippen LogP) is 1.74. The first-order valence-electron chi connectivity index (χ1n) is 6.10. The van der Waals surface area contributed by atoms with Crippen molar-refractivity contribution in [2.24, 2.45) is 0 Å². The van der Waals surface area contributed by atoms with Gasteiger partial charge in [-0.2, -0.15) is 4.31 Å². The van der Waals surface area contributed by atoms with Gasteiger partial charge in [0.25, 0.3) is 0 Å². The van der Waals surface area contributed by atoms with Crippen LogP contribution in [0.3, 0.4) is 0 Å². The van der Waals surface area contributed by atoms with Crippen molar-refractivity contribution in [1.29, 1.82) is 0 Å². The van der Waals surface area contributed by atoms with E-state index in [1.165, 1.54) is 6.33 Å². The zero-order chi connectivity index (χ0) is 13.4. The number of aromatic nitrogens is 2. The van der Waals surface area contributed by atoms with Gasteiger partial charge in [-0.05, 0) is 33.6 Å². The quantitative estimate of drug-likeness (QED) is 0.820. The molecule has 0 saturated carbocycles. The van der Waals surface area contributed by atoms with Crippen LogP contribution in [0.4, 0.5) is 0 Å². The fourth-order valence-electron chi connectivity index (χ4n) is 2.20. The fourth-order valence-corrected chi connectivity index (χ4v) is 3.83. The molecule has 0 aromatic carbocycles. The van der Waals surface area contributed by atoms with E-state index in [1.54, 1.807) is 37.5 Å². The van der Waals surface area contributed by atoms with E-state index in [2.05, 4.69) is 9.97 Å². The lowest BCUT2D eigenvalue weighted by Crippen LogP contribution is -2.42. The maximum Gasteiger partial charge on any atom is 0.219 e. The maximum absolute atomic E-state index is 12.5. The van der Waals surface area contributed by atoms with E-state index in [0.717, 1.165) is 18.4 Å². The molecule has 0 amide bonds. The third-order valence-electron chi connectivity index (χ3n) is 3.25. The number of hydrogen-bond acceptors (Lipinski definition) is 4. The zero-order valence-electron chi connectivity index (χ0n) is 11.0. The van der Waals surface area contributed by atoms with Gasteiger partial charge in [0.1, 0.15) is 6.33 Å². The summed E-state index contributed by atoms with van der Waals surface area (Å²) in [5.74, 6) is 0. The molecule has 1 aromatic rings. The monoisotopic (exact) mass is 269 g/mol. The van der Waals surface area contributed by atoms with Crippen molar-refractivity contribution in [3.8, 4) is 0 Å². The highest BCUT2D eigenvalue weighted by molar-refractivity contribution is 7.90. The van der Waals surface area contributed by atoms with Crippen molar-refractivity contribution >= 4 is 10.0 Å². The molecular formula is C12H19N3O2S. The summed E-state index contributed by atoms with van der Waals surface area (Å²) in [5.41, 5.74) is 0.878. The predicted molar refractivity (Wildman–Crippen MR) is 69.4 cm³/mol. The van der Waals surface area contributed by atoms with Gasteiger partial charge < -0.3 is 0 Å². The molecule has 1 aromatic heterocycles. The summed E-state index contributed by atoms with van der Waals surface area (Å²) in [5, 5.41) is 0. The van der Waals surface area contributed by atoms with Gasteiger partial charge in [0.05, 0.1) is 10.8 Å². The minimum Gasteiger partial charge on any atom is -0.244 e. The third kappa shape index (κ3) is 2.27. The van der Waals surface area contributed by atoms with Gasteiger partial charge in [0.15, 0.2) is 0 Å². The Kier molecular flexibility index (Phi) is 3.42. The summed E-state index contributed by atoms with van der Waals surface area (Å²) in [4.78, 5) is 7.95. The SMILES string of the molecule is CC(C)(C)S(=O)(=O)N1CCCC1c1cncnc1. The first-order chi connectivity index (χ1) is 8.34. The summed E-state index contributed by atoms with van der Waals surface area (Å²) >= 11 is 0. The van der Waals surface area contributed by atoms with Crippen LogP contribution in [0.5, 0.6) is 0 Å². The van der Waals surface area contributed by atoms with Crippen LogP contribution in [0.2, 0.25) is 0 Å². The van der Waals surface area contributed by atoms with E-state index in [4.69, 9.17) is 0 Å². The van der Waals surface area contributed by atoms with Crippen molar-refractivity contribution in [2.45, 2.75) is 44.4 Å². The second-order valence-corrected chi connectivity index (χ2v) is 8.20. The highest BCUT2D eigenvalue weighted by Gasteiger charge is 2.42. The summed E-state index contributed by atoms with van der Waals surface area (Å²) in [7, 11) is -3.30. The third-order valence-corrected chi connectivity index (χ3v) is 5.85. The molecule has 1 aliphatic rings. The molecule has 1 aliphatic heterocycles. The smallest absolute Gasteiger partial charge is 0.219 e. The first-order valence-corrected chi connectivity index (χ1v) is 7.54. The van der Waals surface area contributed by atoms with Crippen molar-refractivity contribution in [3.05, 3.63) is 24.3 Å². The average molecular weight is 269 g/mol. The summed E-state index contributed by atoms with van der Waals surface area (Å²) in [6, 6.07) is -0.115. The second-order valence-electron chi connectivity index (χ2n) is 5.56. The van der Waals surface area contributed by atoms with Gasteiger partial charge >= 0.3 is 0 Å². The Labute approximate surface area is 108 Å². The Hall–Kier alpha value is -1.01. The van der Waals surface area contributed by atoms with E-state index < -0.39 is 14.8 Å². The van der Waals surface area contributed by atoms with E-state index in [9.17, 15) is 8.42 Å². The van der Waals surface area contributed by atoms with Gasteiger partial charge in [0.2, 0.25) is 10.0 Å². The topological polar surface area (TPSA) is 63.2 Å². The maximum atomic E-state index is 12.5. The van der Waals surface area contributed by atoms with Crippen LogP contribution in [0, 0.1) is 0 Å². The molecule has 0 spiro atoms. The molecule has 100 valence electrons. The van der Waals surface area contributed by atoms with Crippen LogP contribution in [-0.4, -0.2) is 34.0 Å². The lowest BCUT2D eigenvalue weighted by Gasteiger charge is -2.31. The van der Waals surface area contributed by atoms with Gasteiger partial charge in [-0.1, -0.05) is 0 Å². The normalized spacial score (nSPS) is 22.3. The summed E-state index contributed by atoms with van der Waals surface area (Å²) < 4.78 is 25.9. The molecule has 1 unspecified atom stereocenters. The van der Waals surface area contributed by atoms with Gasteiger partial charge in [-0.3, -0.25) is 0 Å². The minimum absolute atomic E-state index is 0.115. The fraction of sp³-hybridized carbons (Fsp3) is 0.667. The van der Waals surface area contributed by atoms with Crippen molar-refractivity contribution in [1.82, 2.24) is 14.3 Å². The van der Waals surface area contributed by atoms with Crippen LogP contribution in [0.25, 0.3) is 0 Å². The van der Waals surface area contributed by atoms with E-state index in [1.807, 2.05) is 0 Å². The molecule has 5 nitrogen and oxygen atoms in total. The first kappa shape index (κ1) is 13.4. The van der Waals surface area contributed by atoms with Crippen LogP contribution in [-0.2, 0) is 10.0 Å². The van der Waals surface area contributed by atoms with Crippen LogP contribution in [0.1, 0.15) is 45.2 Å². The number of nitrogens with zero attached hydrogens (tertiary/aromatic N) is 3. The molecule has 1 atom stereocenters. The molecule has 0 N–H and O–H groups in total. The van der Waals surface area contributed by atoms with Gasteiger partial charge in [0, 0.05) is 24.5 Å². The molecule has 0 bridgehead atoms. The Bertz CT molecular complexity index is 508. The highest BCUT2D eigenvalue weighted by atomic mass is 32.2. The standard InChI is InChI=1S/C12H19N3O2S/c1-12(2,3)18(16,17)15-6-4-5-11(15)10-7-13-9-14-8-10/h7-9,11H,4-6H2,1-3H3. The second kappa shape index (κ2) is 4.59. The van der Waals surface area contributed by atoms with Crippen LogP contribution >= 0.6 is 0 Å². The van der Waals surface area contributed by atoms with Crippen molar-refractivity contribution in [3.63, 3.8) is 0 Å². The molecule has 0 aliphatic carbocycles. The van der Waals surface area contributed by atoms with Gasteiger partial charge in [-0.25, -0.2) is 18.4 Å². The minimum atomic E-state index is -3.30. The Morgan fingerprint density at radius 3 is 2.44 bits per heavy atom. The number of rotatable bonds is 2. The molecule has 2 heterocycles. The van der Waals surface area contributed by atoms with Crippen LogP contribution in [0.15, 0.2) is 18.7 Å². The van der Waals surface area contributed by atoms with Gasteiger partial charge in [-0.15, -0.1) is 0 Å². The molecule has 0 radical (unpaired) electrons. The number of sulfonamides is 1. The van der Waals surface area contributed by atoms with Crippen molar-refractivity contribution in [2.75, 3.05) is 6.54 Å². The molecule has 2 rings (SSSR count). The molecule has 18 heavy (non-hydrogen) atoms. The highest BCUT2D eigenvalue weighted by Crippen LogP contribution is 2.37. The van der Waals surface area contributed by atoms with E-state index >= 15 is 0 Å². The lowest BCUT2D eigenvalue weighted by molar-refractivity contribution is 0.380. The molecular weight excluding hydrogens is 250 g/mol. The van der Waals surface area contributed by atoms with Crippen LogP contribution < -0.4 is 0 Å². The zero-order valence-corrected chi connectivity index (χ0v) is 11.8. The molecule has 1 saturated heterocycles. The molecule has 1 fully saturated rings. The van der Waals surface area contributed by atoms with E-state index in [0.29, 0.717) is 6.54 Å². The Morgan fingerprint density at radius 1 is 1.28 bits per heavy atom. The Morgan fingerprint density at radius 2 is 1.89 bits per heavy atom. The summed E-state index contributed by atoms with van der Waals surface area (Å²) in [6.45, 7) is 5.79. The summed E-state index contributed by atoms with van der Waals surface area (Å²) in [6.07, 6.45) is 6.58. The largest absolute Gasteiger partial charge is 0.244 e. The van der Waals surface area contributed by atoms with E-state index in [-0.39, 0.29) is 6.04 Å².